The molecule has 6 nitrogen and oxygen atoms in total. The van der Waals surface area contributed by atoms with Crippen molar-refractivity contribution in [3.05, 3.63) is 52.1 Å². The maximum absolute atomic E-state index is 12.6. The summed E-state index contributed by atoms with van der Waals surface area (Å²) in [6.45, 7) is 4.90. The summed E-state index contributed by atoms with van der Waals surface area (Å²) in [6, 6.07) is 9.89. The van der Waals surface area contributed by atoms with Gasteiger partial charge in [0.2, 0.25) is 0 Å². The summed E-state index contributed by atoms with van der Waals surface area (Å²) in [5.41, 5.74) is 10.1. The van der Waals surface area contributed by atoms with Crippen LogP contribution in [0, 0.1) is 5.92 Å². The molecule has 0 bridgehead atoms. The molecule has 1 unspecified atom stereocenters. The van der Waals surface area contributed by atoms with Gasteiger partial charge in [-0.05, 0) is 93.3 Å². The van der Waals surface area contributed by atoms with Crippen molar-refractivity contribution in [3.8, 4) is 16.9 Å². The third-order valence-corrected chi connectivity index (χ3v) is 8.43. The zero-order valence-electron chi connectivity index (χ0n) is 21.1. The molecule has 5 rings (SSSR count). The van der Waals surface area contributed by atoms with Crippen molar-refractivity contribution in [2.45, 2.75) is 57.5 Å². The predicted octanol–water partition coefficient (Wildman–Crippen LogP) is 6.51. The summed E-state index contributed by atoms with van der Waals surface area (Å²) in [6.07, 6.45) is 8.47. The predicted molar refractivity (Wildman–Crippen MR) is 152 cm³/mol. The Kier molecular flexibility index (Phi) is 7.91. The number of piperidine rings is 1. The second-order valence-electron chi connectivity index (χ2n) is 10.6. The van der Waals surface area contributed by atoms with E-state index in [1.54, 1.807) is 25.3 Å². The molecule has 0 amide bonds. The number of anilines is 1. The van der Waals surface area contributed by atoms with Crippen LogP contribution in [0.5, 0.6) is 5.75 Å². The van der Waals surface area contributed by atoms with Gasteiger partial charge in [0.05, 0.1) is 26.8 Å². The van der Waals surface area contributed by atoms with E-state index in [4.69, 9.17) is 28.9 Å². The summed E-state index contributed by atoms with van der Waals surface area (Å²) in [4.78, 5) is 19.7. The minimum absolute atomic E-state index is 0.0202. The lowest BCUT2D eigenvalue weighted by molar-refractivity contribution is 0.101. The molecule has 37 heavy (non-hydrogen) atoms. The Morgan fingerprint density at radius 3 is 2.51 bits per heavy atom. The molecule has 3 aromatic rings. The van der Waals surface area contributed by atoms with Crippen LogP contribution in [0.4, 0.5) is 5.69 Å². The molecule has 0 radical (unpaired) electrons. The molecule has 2 fully saturated rings. The van der Waals surface area contributed by atoms with Crippen LogP contribution in [0.1, 0.15) is 55.8 Å². The standard InChI is InChI=1S/C29H34Cl2N4O2/c1-17(36)24-14-33-27-9-6-19(20-12-25(30)29(37)26(31)13-20)11-23(27)28(24)34-22-7-4-18(5-8-22)15-35-10-2-3-21(32)16-35/h6,9,11-14,18,21-22,37H,2-5,7-8,10,15-16,32H2,1H3,(H,33,34). The number of carbonyl (C=O) groups is 1. The van der Waals surface area contributed by atoms with E-state index in [0.717, 1.165) is 79.5 Å². The quantitative estimate of drug-likeness (QED) is 0.308. The van der Waals surface area contributed by atoms with Crippen molar-refractivity contribution >= 4 is 45.6 Å². The van der Waals surface area contributed by atoms with Gasteiger partial charge in [0.15, 0.2) is 11.5 Å². The fourth-order valence-corrected chi connectivity index (χ4v) is 6.33. The largest absolute Gasteiger partial charge is 0.505 e. The Morgan fingerprint density at radius 1 is 1.11 bits per heavy atom. The van der Waals surface area contributed by atoms with Crippen LogP contribution >= 0.6 is 23.2 Å². The van der Waals surface area contributed by atoms with Gasteiger partial charge in [0, 0.05) is 36.8 Å². The zero-order chi connectivity index (χ0) is 26.1. The first kappa shape index (κ1) is 26.2. The number of pyridine rings is 1. The van der Waals surface area contributed by atoms with Crippen LogP contribution in [0.15, 0.2) is 36.5 Å². The topological polar surface area (TPSA) is 91.5 Å². The summed E-state index contributed by atoms with van der Waals surface area (Å²) < 4.78 is 0. The first-order valence-corrected chi connectivity index (χ1v) is 13.9. The smallest absolute Gasteiger partial charge is 0.163 e. The van der Waals surface area contributed by atoms with Crippen LogP contribution in [-0.2, 0) is 0 Å². The Morgan fingerprint density at radius 2 is 1.84 bits per heavy atom. The van der Waals surface area contributed by atoms with Gasteiger partial charge in [-0.3, -0.25) is 9.78 Å². The third-order valence-electron chi connectivity index (χ3n) is 7.85. The average molecular weight is 542 g/mol. The van der Waals surface area contributed by atoms with E-state index in [1.807, 2.05) is 18.2 Å². The summed E-state index contributed by atoms with van der Waals surface area (Å²) in [7, 11) is 0. The Bertz CT molecular complexity index is 1280. The number of hydrogen-bond acceptors (Lipinski definition) is 6. The molecule has 1 aliphatic carbocycles. The fourth-order valence-electron chi connectivity index (χ4n) is 5.84. The number of nitrogens with one attached hydrogen (secondary N) is 1. The molecule has 8 heteroatoms. The molecule has 1 saturated carbocycles. The number of aromatic nitrogens is 1. The third kappa shape index (κ3) is 5.88. The highest BCUT2D eigenvalue weighted by Gasteiger charge is 2.26. The van der Waals surface area contributed by atoms with Crippen molar-refractivity contribution in [1.29, 1.82) is 0 Å². The maximum atomic E-state index is 12.6. The average Bonchev–Trinajstić information content (AvgIpc) is 2.88. The number of nitrogens with zero attached hydrogens (tertiary/aromatic N) is 2. The normalized spacial score (nSPS) is 22.8. The number of fused-ring (bicyclic) bond motifs is 1. The number of halogens is 2. The van der Waals surface area contributed by atoms with Crippen LogP contribution in [0.25, 0.3) is 22.0 Å². The molecule has 196 valence electrons. The number of phenolic OH excluding ortho intramolecular Hbond substituents is 1. The molecular weight excluding hydrogens is 507 g/mol. The molecule has 1 atom stereocenters. The number of ketones is 1. The maximum Gasteiger partial charge on any atom is 0.163 e. The molecule has 1 aliphatic heterocycles. The Labute approximate surface area is 228 Å². The Balaban J connectivity index is 1.38. The van der Waals surface area contributed by atoms with Gasteiger partial charge in [-0.15, -0.1) is 0 Å². The number of phenols is 1. The number of nitrogens with two attached hydrogens (primary N) is 1. The number of benzene rings is 2. The lowest BCUT2D eigenvalue weighted by Crippen LogP contribution is -2.45. The number of aromatic hydroxyl groups is 1. The lowest BCUT2D eigenvalue weighted by Gasteiger charge is -2.36. The fraction of sp³-hybridized carbons (Fsp3) is 0.448. The van der Waals surface area contributed by atoms with E-state index < -0.39 is 0 Å². The minimum Gasteiger partial charge on any atom is -0.505 e. The van der Waals surface area contributed by atoms with Gasteiger partial charge in [0.25, 0.3) is 0 Å². The van der Waals surface area contributed by atoms with E-state index >= 15 is 0 Å². The molecule has 2 heterocycles. The van der Waals surface area contributed by atoms with E-state index in [1.165, 1.54) is 6.42 Å². The number of carbonyl (C=O) groups excluding carboxylic acids is 1. The molecule has 0 spiro atoms. The summed E-state index contributed by atoms with van der Waals surface area (Å²) in [5.74, 6) is 0.544. The van der Waals surface area contributed by atoms with Crippen molar-refractivity contribution in [2.75, 3.05) is 25.0 Å². The van der Waals surface area contributed by atoms with Crippen molar-refractivity contribution in [1.82, 2.24) is 9.88 Å². The lowest BCUT2D eigenvalue weighted by atomic mass is 9.85. The minimum atomic E-state index is -0.130. The first-order chi connectivity index (χ1) is 17.8. The molecule has 2 aliphatic rings. The molecule has 1 saturated heterocycles. The van der Waals surface area contributed by atoms with Crippen LogP contribution in [-0.4, -0.2) is 52.5 Å². The molecular formula is C29H34Cl2N4O2. The first-order valence-electron chi connectivity index (χ1n) is 13.1. The van der Waals surface area contributed by atoms with Crippen molar-refractivity contribution in [2.24, 2.45) is 11.7 Å². The second-order valence-corrected chi connectivity index (χ2v) is 11.5. The molecule has 2 aromatic carbocycles. The number of likely N-dealkylation sites (tertiary alicyclic amines) is 1. The van der Waals surface area contributed by atoms with Gasteiger partial charge in [-0.25, -0.2) is 0 Å². The molecule has 4 N–H and O–H groups in total. The van der Waals surface area contributed by atoms with Crippen LogP contribution in [0.3, 0.4) is 0 Å². The van der Waals surface area contributed by atoms with E-state index in [-0.39, 0.29) is 21.6 Å². The summed E-state index contributed by atoms with van der Waals surface area (Å²) in [5, 5.41) is 15.0. The van der Waals surface area contributed by atoms with E-state index in [0.29, 0.717) is 23.6 Å². The zero-order valence-corrected chi connectivity index (χ0v) is 22.7. The Hall–Kier alpha value is -2.38. The van der Waals surface area contributed by atoms with Gasteiger partial charge < -0.3 is 21.1 Å². The van der Waals surface area contributed by atoms with Gasteiger partial charge in [-0.2, -0.15) is 0 Å². The highest BCUT2D eigenvalue weighted by Crippen LogP contribution is 2.39. The van der Waals surface area contributed by atoms with Crippen molar-refractivity contribution < 1.29 is 9.90 Å². The van der Waals surface area contributed by atoms with Gasteiger partial charge >= 0.3 is 0 Å². The number of rotatable bonds is 6. The number of Topliss-reactive ketones (excluding diaryl/α,β-unsaturated/α-hetero) is 1. The van der Waals surface area contributed by atoms with E-state index in [9.17, 15) is 9.90 Å². The number of hydrogen-bond donors (Lipinski definition) is 3. The van der Waals surface area contributed by atoms with E-state index in [2.05, 4.69) is 15.2 Å². The van der Waals surface area contributed by atoms with Gasteiger partial charge in [-0.1, -0.05) is 29.3 Å². The van der Waals surface area contributed by atoms with Gasteiger partial charge in [0.1, 0.15) is 0 Å². The second kappa shape index (κ2) is 11.2. The highest BCUT2D eigenvalue weighted by atomic mass is 35.5. The summed E-state index contributed by atoms with van der Waals surface area (Å²) >= 11 is 12.4. The van der Waals surface area contributed by atoms with Crippen LogP contribution in [0.2, 0.25) is 10.0 Å². The molecule has 1 aromatic heterocycles. The SMILES string of the molecule is CC(=O)c1cnc2ccc(-c3cc(Cl)c(O)c(Cl)c3)cc2c1NC1CCC(CN2CCCC(N)C2)CC1. The monoisotopic (exact) mass is 540 g/mol. The highest BCUT2D eigenvalue weighted by molar-refractivity contribution is 6.37. The van der Waals surface area contributed by atoms with Crippen LogP contribution < -0.4 is 11.1 Å². The van der Waals surface area contributed by atoms with Crippen molar-refractivity contribution in [3.63, 3.8) is 0 Å².